The van der Waals surface area contributed by atoms with Crippen molar-refractivity contribution in [3.8, 4) is 11.3 Å². The highest BCUT2D eigenvalue weighted by atomic mass is 16.6. The molecule has 1 N–H and O–H groups in total. The quantitative estimate of drug-likeness (QED) is 0.686. The number of hydrogen-bond donors (Lipinski definition) is 1. The first-order valence-corrected chi connectivity index (χ1v) is 11.8. The Bertz CT molecular complexity index is 1020. The Morgan fingerprint density at radius 2 is 1.82 bits per heavy atom. The van der Waals surface area contributed by atoms with E-state index in [1.165, 1.54) is 0 Å². The van der Waals surface area contributed by atoms with Crippen molar-refractivity contribution < 1.29 is 19.1 Å². The highest BCUT2D eigenvalue weighted by Crippen LogP contribution is 2.39. The molecule has 2 amide bonds. The van der Waals surface area contributed by atoms with Crippen LogP contribution in [0.1, 0.15) is 50.9 Å². The lowest BCUT2D eigenvalue weighted by molar-refractivity contribution is -0.124. The zero-order chi connectivity index (χ0) is 24.3. The Kier molecular flexibility index (Phi) is 6.74. The molecule has 2 saturated heterocycles. The number of rotatable bonds is 4. The molecule has 34 heavy (non-hydrogen) atoms. The van der Waals surface area contributed by atoms with Gasteiger partial charge in [-0.05, 0) is 58.7 Å². The van der Waals surface area contributed by atoms with Crippen LogP contribution in [0.5, 0.6) is 0 Å². The number of hydrazine groups is 1. The molecule has 9 nitrogen and oxygen atoms in total. The summed E-state index contributed by atoms with van der Waals surface area (Å²) < 4.78 is 10.7. The molecule has 2 aromatic rings. The minimum absolute atomic E-state index is 0.285. The number of hydrogen-bond acceptors (Lipinski definition) is 7. The monoisotopic (exact) mass is 467 g/mol. The number of benzene rings is 1. The minimum atomic E-state index is -0.644. The fraction of sp³-hybridized carbons (Fsp3) is 0.520. The normalized spacial score (nSPS) is 17.1. The predicted octanol–water partition coefficient (Wildman–Crippen LogP) is 3.66. The molecule has 9 heteroatoms. The van der Waals surface area contributed by atoms with Crippen molar-refractivity contribution in [3.05, 3.63) is 42.1 Å². The standard InChI is InChI=1S/C25H33N5O4/c1-5-30(23(32)34-24(2,3)4)28-21(31)19-8-6-18(7-9-19)20-10-13-26-22(27-20)29-14-11-25(12-15-29)16-33-17-25/h6-10,13H,5,11-12,14-17H2,1-4H3,(H,28,31). The molecule has 0 radical (unpaired) electrons. The average Bonchev–Trinajstić information content (AvgIpc) is 2.80. The van der Waals surface area contributed by atoms with E-state index in [2.05, 4.69) is 15.3 Å². The van der Waals surface area contributed by atoms with Crippen molar-refractivity contribution in [1.82, 2.24) is 20.4 Å². The summed E-state index contributed by atoms with van der Waals surface area (Å²) in [5.41, 5.74) is 4.45. The Hall–Kier alpha value is -3.20. The summed E-state index contributed by atoms with van der Waals surface area (Å²) in [7, 11) is 0. The molecule has 2 aliphatic heterocycles. The van der Waals surface area contributed by atoms with E-state index in [4.69, 9.17) is 14.5 Å². The van der Waals surface area contributed by atoms with Crippen LogP contribution < -0.4 is 10.3 Å². The van der Waals surface area contributed by atoms with E-state index in [0.29, 0.717) is 11.0 Å². The maximum Gasteiger partial charge on any atom is 0.429 e. The van der Waals surface area contributed by atoms with Crippen molar-refractivity contribution in [2.75, 3.05) is 37.7 Å². The summed E-state index contributed by atoms with van der Waals surface area (Å²) in [6.07, 6.45) is 3.38. The van der Waals surface area contributed by atoms with E-state index < -0.39 is 11.7 Å². The molecule has 0 aliphatic carbocycles. The fourth-order valence-corrected chi connectivity index (χ4v) is 4.07. The topological polar surface area (TPSA) is 96.9 Å². The lowest BCUT2D eigenvalue weighted by Crippen LogP contribution is -2.51. The first-order valence-electron chi connectivity index (χ1n) is 11.8. The van der Waals surface area contributed by atoms with Crippen LogP contribution in [0.2, 0.25) is 0 Å². The summed E-state index contributed by atoms with van der Waals surface area (Å²) in [4.78, 5) is 36.4. The zero-order valence-electron chi connectivity index (χ0n) is 20.3. The van der Waals surface area contributed by atoms with Crippen LogP contribution in [0.15, 0.2) is 36.5 Å². The number of anilines is 1. The average molecular weight is 468 g/mol. The first-order chi connectivity index (χ1) is 16.2. The molecule has 0 bridgehead atoms. The van der Waals surface area contributed by atoms with E-state index >= 15 is 0 Å². The van der Waals surface area contributed by atoms with E-state index in [-0.39, 0.29) is 12.5 Å². The highest BCUT2D eigenvalue weighted by Gasteiger charge is 2.41. The van der Waals surface area contributed by atoms with Gasteiger partial charge in [-0.25, -0.2) is 19.8 Å². The molecular weight excluding hydrogens is 434 g/mol. The van der Waals surface area contributed by atoms with Crippen molar-refractivity contribution >= 4 is 17.9 Å². The molecule has 1 spiro atoms. The summed E-state index contributed by atoms with van der Waals surface area (Å²) in [6.45, 7) is 11.0. The van der Waals surface area contributed by atoms with Gasteiger partial charge in [-0.15, -0.1) is 0 Å². The third-order valence-corrected chi connectivity index (χ3v) is 6.18. The molecule has 2 fully saturated rings. The third kappa shape index (κ3) is 5.47. The number of piperidine rings is 1. The summed E-state index contributed by atoms with van der Waals surface area (Å²) in [5, 5.41) is 1.16. The Labute approximate surface area is 200 Å². The first kappa shape index (κ1) is 23.9. The SMILES string of the molecule is CCN(NC(=O)c1ccc(-c2ccnc(N3CCC4(CC3)COC4)n2)cc1)C(=O)OC(C)(C)C. The van der Waals surface area contributed by atoms with Crippen LogP contribution >= 0.6 is 0 Å². The second-order valence-electron chi connectivity index (χ2n) is 9.96. The van der Waals surface area contributed by atoms with E-state index in [1.54, 1.807) is 46.0 Å². The number of ether oxygens (including phenoxy) is 2. The summed E-state index contributed by atoms with van der Waals surface area (Å²) in [5.74, 6) is 0.343. The number of nitrogens with one attached hydrogen (secondary N) is 1. The van der Waals surface area contributed by atoms with Crippen LogP contribution in [0, 0.1) is 5.41 Å². The second kappa shape index (κ2) is 9.58. The van der Waals surface area contributed by atoms with Gasteiger partial charge in [-0.3, -0.25) is 10.2 Å². The van der Waals surface area contributed by atoms with E-state index in [0.717, 1.165) is 61.4 Å². The molecule has 0 saturated carbocycles. The molecule has 0 unspecified atom stereocenters. The molecule has 1 aromatic heterocycles. The van der Waals surface area contributed by atoms with Crippen molar-refractivity contribution in [1.29, 1.82) is 0 Å². The molecule has 182 valence electrons. The van der Waals surface area contributed by atoms with Gasteiger partial charge in [0.25, 0.3) is 5.91 Å². The fourth-order valence-electron chi connectivity index (χ4n) is 4.07. The van der Waals surface area contributed by atoms with Gasteiger partial charge in [0.15, 0.2) is 0 Å². The number of amides is 2. The Morgan fingerprint density at radius 3 is 2.38 bits per heavy atom. The Morgan fingerprint density at radius 1 is 1.15 bits per heavy atom. The zero-order valence-corrected chi connectivity index (χ0v) is 20.3. The molecule has 0 atom stereocenters. The van der Waals surface area contributed by atoms with E-state index in [9.17, 15) is 9.59 Å². The van der Waals surface area contributed by atoms with E-state index in [1.807, 2.05) is 18.2 Å². The van der Waals surface area contributed by atoms with Gasteiger partial charge >= 0.3 is 6.09 Å². The lowest BCUT2D eigenvalue weighted by atomic mass is 9.77. The molecule has 4 rings (SSSR count). The van der Waals surface area contributed by atoms with Gasteiger partial charge in [0.1, 0.15) is 5.60 Å². The van der Waals surface area contributed by atoms with Gasteiger partial charge in [0.2, 0.25) is 5.95 Å². The molecular formula is C25H33N5O4. The van der Waals surface area contributed by atoms with Gasteiger partial charge in [-0.1, -0.05) is 12.1 Å². The number of nitrogens with zero attached hydrogens (tertiary/aromatic N) is 4. The maximum atomic E-state index is 12.7. The highest BCUT2D eigenvalue weighted by molar-refractivity contribution is 5.95. The summed E-state index contributed by atoms with van der Waals surface area (Å²) in [6, 6.07) is 9.00. The number of aromatic nitrogens is 2. The van der Waals surface area contributed by atoms with Crippen LogP contribution in [-0.4, -0.2) is 65.4 Å². The lowest BCUT2D eigenvalue weighted by Gasteiger charge is -2.47. The van der Waals surface area contributed by atoms with Gasteiger partial charge in [-0.2, -0.15) is 0 Å². The van der Waals surface area contributed by atoms with Crippen LogP contribution in [0.4, 0.5) is 10.7 Å². The predicted molar refractivity (Wildman–Crippen MR) is 128 cm³/mol. The molecule has 2 aliphatic rings. The van der Waals surface area contributed by atoms with Crippen LogP contribution in [0.3, 0.4) is 0 Å². The van der Waals surface area contributed by atoms with Crippen LogP contribution in [0.25, 0.3) is 11.3 Å². The van der Waals surface area contributed by atoms with Crippen LogP contribution in [-0.2, 0) is 9.47 Å². The van der Waals surface area contributed by atoms with Crippen molar-refractivity contribution in [2.45, 2.75) is 46.1 Å². The summed E-state index contributed by atoms with van der Waals surface area (Å²) >= 11 is 0. The maximum absolute atomic E-state index is 12.7. The van der Waals surface area contributed by atoms with Crippen molar-refractivity contribution in [2.24, 2.45) is 5.41 Å². The third-order valence-electron chi connectivity index (χ3n) is 6.18. The largest absolute Gasteiger partial charge is 0.442 e. The van der Waals surface area contributed by atoms with Gasteiger partial charge in [0.05, 0.1) is 18.9 Å². The Balaban J connectivity index is 1.40. The molecule has 3 heterocycles. The smallest absolute Gasteiger partial charge is 0.429 e. The second-order valence-corrected chi connectivity index (χ2v) is 9.96. The van der Waals surface area contributed by atoms with Gasteiger partial charge < -0.3 is 14.4 Å². The van der Waals surface area contributed by atoms with Gasteiger partial charge in [0, 0.05) is 42.4 Å². The molecule has 1 aromatic carbocycles. The number of carbonyl (C=O) groups excluding carboxylic acids is 2. The number of carbonyl (C=O) groups is 2. The minimum Gasteiger partial charge on any atom is -0.442 e. The van der Waals surface area contributed by atoms with Crippen molar-refractivity contribution in [3.63, 3.8) is 0 Å².